The summed E-state index contributed by atoms with van der Waals surface area (Å²) >= 11 is 0. The second-order valence-corrected chi connectivity index (χ2v) is 8.26. The first-order valence-electron chi connectivity index (χ1n) is 11.5. The van der Waals surface area contributed by atoms with E-state index in [0.717, 1.165) is 24.0 Å². The van der Waals surface area contributed by atoms with Crippen molar-refractivity contribution >= 4 is 34.4 Å². The highest BCUT2D eigenvalue weighted by molar-refractivity contribution is 5.94. The number of benzene rings is 2. The van der Waals surface area contributed by atoms with Crippen LogP contribution in [0.25, 0.3) is 11.0 Å². The Bertz CT molecular complexity index is 1300. The summed E-state index contributed by atoms with van der Waals surface area (Å²) in [4.78, 5) is 26.3. The third kappa shape index (κ3) is 4.41. The Labute approximate surface area is 197 Å². The number of carbonyl (C=O) groups is 1. The number of aromatic nitrogens is 4. The largest absolute Gasteiger partial charge is 0.339 e. The summed E-state index contributed by atoms with van der Waals surface area (Å²) in [6.45, 7) is 5.21. The maximum absolute atomic E-state index is 13.8. The zero-order valence-electron chi connectivity index (χ0n) is 19.0. The van der Waals surface area contributed by atoms with E-state index in [4.69, 9.17) is 9.97 Å². The number of anilines is 3. The number of piperazine rings is 1. The summed E-state index contributed by atoms with van der Waals surface area (Å²) < 4.78 is 15.6. The number of rotatable bonds is 6. The maximum atomic E-state index is 13.8. The Morgan fingerprint density at radius 3 is 2.56 bits per heavy atom. The molecule has 0 bridgehead atoms. The maximum Gasteiger partial charge on any atom is 0.253 e. The van der Waals surface area contributed by atoms with E-state index in [1.807, 2.05) is 39.9 Å². The minimum absolute atomic E-state index is 0.0334. The lowest BCUT2D eigenvalue weighted by Crippen LogP contribution is -2.49. The highest BCUT2D eigenvalue weighted by Crippen LogP contribution is 2.27. The molecule has 0 aliphatic carbocycles. The Balaban J connectivity index is 1.41. The second-order valence-electron chi connectivity index (χ2n) is 8.26. The van der Waals surface area contributed by atoms with Crippen LogP contribution < -0.4 is 10.2 Å². The van der Waals surface area contributed by atoms with Crippen LogP contribution in [0.3, 0.4) is 0 Å². The molecule has 0 spiro atoms. The number of aryl methyl sites for hydroxylation is 1. The van der Waals surface area contributed by atoms with Crippen molar-refractivity contribution in [2.24, 2.45) is 0 Å². The Morgan fingerprint density at radius 2 is 1.82 bits per heavy atom. The van der Waals surface area contributed by atoms with Crippen molar-refractivity contribution in [1.29, 1.82) is 0 Å². The van der Waals surface area contributed by atoms with Gasteiger partial charge in [-0.3, -0.25) is 4.79 Å². The van der Waals surface area contributed by atoms with Crippen molar-refractivity contribution in [2.75, 3.05) is 36.4 Å². The third-order valence-corrected chi connectivity index (χ3v) is 5.88. The molecule has 9 heteroatoms. The van der Waals surface area contributed by atoms with Gasteiger partial charge in [-0.2, -0.15) is 15.1 Å². The molecule has 1 amide bonds. The van der Waals surface area contributed by atoms with Crippen molar-refractivity contribution in [1.82, 2.24) is 24.6 Å². The van der Waals surface area contributed by atoms with Crippen LogP contribution in [0.15, 0.2) is 60.8 Å². The van der Waals surface area contributed by atoms with E-state index in [1.54, 1.807) is 18.3 Å². The highest BCUT2D eigenvalue weighted by Gasteiger charge is 2.25. The van der Waals surface area contributed by atoms with E-state index in [0.29, 0.717) is 49.2 Å². The first-order chi connectivity index (χ1) is 16.6. The monoisotopic (exact) mass is 459 g/mol. The van der Waals surface area contributed by atoms with Crippen molar-refractivity contribution in [3.63, 3.8) is 0 Å². The number of carbonyl (C=O) groups excluding carboxylic acids is 1. The van der Waals surface area contributed by atoms with E-state index >= 15 is 0 Å². The molecule has 0 radical (unpaired) electrons. The number of amides is 1. The molecular formula is C25H26FN7O. The van der Waals surface area contributed by atoms with Crippen LogP contribution in [0, 0.1) is 5.82 Å². The number of halogens is 1. The third-order valence-electron chi connectivity index (χ3n) is 5.88. The van der Waals surface area contributed by atoms with Crippen molar-refractivity contribution < 1.29 is 9.18 Å². The molecule has 0 saturated carbocycles. The van der Waals surface area contributed by atoms with E-state index in [1.165, 1.54) is 12.1 Å². The van der Waals surface area contributed by atoms with Crippen LogP contribution in [-0.4, -0.2) is 56.7 Å². The molecular weight excluding hydrogens is 433 g/mol. The molecule has 2 aromatic carbocycles. The van der Waals surface area contributed by atoms with Gasteiger partial charge >= 0.3 is 0 Å². The smallest absolute Gasteiger partial charge is 0.253 e. The SMILES string of the molecule is CCCn1ncc2c(Nc3cccc(F)c3)nc(N3CCN(C(=O)c4ccccc4)CC3)nc21. The molecule has 2 aromatic heterocycles. The summed E-state index contributed by atoms with van der Waals surface area (Å²) in [5.74, 6) is 0.856. The van der Waals surface area contributed by atoms with Gasteiger partial charge < -0.3 is 15.1 Å². The van der Waals surface area contributed by atoms with Gasteiger partial charge in [0.1, 0.15) is 11.6 Å². The fourth-order valence-electron chi connectivity index (χ4n) is 4.13. The van der Waals surface area contributed by atoms with Gasteiger partial charge in [0.25, 0.3) is 5.91 Å². The van der Waals surface area contributed by atoms with Gasteiger partial charge in [0.2, 0.25) is 5.95 Å². The van der Waals surface area contributed by atoms with Crippen LogP contribution in [-0.2, 0) is 6.54 Å². The van der Waals surface area contributed by atoms with Gasteiger partial charge in [-0.25, -0.2) is 9.07 Å². The summed E-state index contributed by atoms with van der Waals surface area (Å²) in [5.41, 5.74) is 2.03. The van der Waals surface area contributed by atoms with E-state index in [-0.39, 0.29) is 11.7 Å². The number of nitrogens with zero attached hydrogens (tertiary/aromatic N) is 6. The summed E-state index contributed by atoms with van der Waals surface area (Å²) in [7, 11) is 0. The van der Waals surface area contributed by atoms with Crippen molar-refractivity contribution in [3.8, 4) is 0 Å². The topological polar surface area (TPSA) is 79.2 Å². The molecule has 1 saturated heterocycles. The van der Waals surface area contributed by atoms with Gasteiger partial charge in [-0.05, 0) is 36.8 Å². The van der Waals surface area contributed by atoms with Gasteiger partial charge in [0.05, 0.1) is 11.6 Å². The van der Waals surface area contributed by atoms with Crippen molar-refractivity contribution in [2.45, 2.75) is 19.9 Å². The van der Waals surface area contributed by atoms with Crippen LogP contribution >= 0.6 is 0 Å². The van der Waals surface area contributed by atoms with Crippen molar-refractivity contribution in [3.05, 3.63) is 72.2 Å². The lowest BCUT2D eigenvalue weighted by molar-refractivity contribution is 0.0746. The molecule has 1 fully saturated rings. The normalized spacial score (nSPS) is 13.9. The van der Waals surface area contributed by atoms with Gasteiger partial charge in [-0.15, -0.1) is 0 Å². The Morgan fingerprint density at radius 1 is 1.03 bits per heavy atom. The summed E-state index contributed by atoms with van der Waals surface area (Å²) in [5, 5.41) is 8.50. The molecule has 4 aromatic rings. The molecule has 1 aliphatic heterocycles. The lowest BCUT2D eigenvalue weighted by atomic mass is 10.2. The molecule has 174 valence electrons. The van der Waals surface area contributed by atoms with Crippen LogP contribution in [0.2, 0.25) is 0 Å². The predicted molar refractivity (Wildman–Crippen MR) is 130 cm³/mol. The Kier molecular flexibility index (Phi) is 6.07. The molecule has 0 unspecified atom stereocenters. The molecule has 3 heterocycles. The standard InChI is InChI=1S/C25H26FN7O/c1-2-11-33-23-21(17-27-33)22(28-20-10-6-9-19(26)16-20)29-25(30-23)32-14-12-31(13-15-32)24(34)18-7-4-3-5-8-18/h3-10,16-17H,2,11-15H2,1H3,(H,28,29,30). The van der Waals surface area contributed by atoms with Crippen LogP contribution in [0.5, 0.6) is 0 Å². The summed E-state index contributed by atoms with van der Waals surface area (Å²) in [6.07, 6.45) is 2.66. The first-order valence-corrected chi connectivity index (χ1v) is 11.5. The Hall–Kier alpha value is -4.01. The number of nitrogens with one attached hydrogen (secondary N) is 1. The fraction of sp³-hybridized carbons (Fsp3) is 0.280. The number of hydrogen-bond acceptors (Lipinski definition) is 6. The van der Waals surface area contributed by atoms with Crippen LogP contribution in [0.1, 0.15) is 23.7 Å². The zero-order valence-corrected chi connectivity index (χ0v) is 19.0. The average molecular weight is 460 g/mol. The number of fused-ring (bicyclic) bond motifs is 1. The molecule has 1 N–H and O–H groups in total. The molecule has 34 heavy (non-hydrogen) atoms. The molecule has 1 aliphatic rings. The average Bonchev–Trinajstić information content (AvgIpc) is 3.27. The van der Waals surface area contributed by atoms with Crippen LogP contribution in [0.4, 0.5) is 21.8 Å². The molecule has 0 atom stereocenters. The van der Waals surface area contributed by atoms with E-state index < -0.39 is 0 Å². The van der Waals surface area contributed by atoms with Gasteiger partial charge in [0, 0.05) is 44.0 Å². The minimum Gasteiger partial charge on any atom is -0.339 e. The first kappa shape index (κ1) is 21.8. The van der Waals surface area contributed by atoms with E-state index in [2.05, 4.69) is 22.2 Å². The molecule has 5 rings (SSSR count). The fourth-order valence-corrected chi connectivity index (χ4v) is 4.13. The predicted octanol–water partition coefficient (Wildman–Crippen LogP) is 4.08. The highest BCUT2D eigenvalue weighted by atomic mass is 19.1. The van der Waals surface area contributed by atoms with Gasteiger partial charge in [-0.1, -0.05) is 31.2 Å². The number of hydrogen-bond donors (Lipinski definition) is 1. The second kappa shape index (κ2) is 9.46. The lowest BCUT2D eigenvalue weighted by Gasteiger charge is -2.35. The molecule has 8 nitrogen and oxygen atoms in total. The quantitative estimate of drug-likeness (QED) is 0.468. The van der Waals surface area contributed by atoms with Gasteiger partial charge in [0.15, 0.2) is 5.65 Å². The zero-order chi connectivity index (χ0) is 23.5. The van der Waals surface area contributed by atoms with E-state index in [9.17, 15) is 9.18 Å². The summed E-state index contributed by atoms with van der Waals surface area (Å²) in [6, 6.07) is 15.6. The minimum atomic E-state index is -0.323.